The van der Waals surface area contributed by atoms with E-state index >= 15 is 0 Å². The third-order valence-corrected chi connectivity index (χ3v) is 5.04. The smallest absolute Gasteiger partial charge is 0.355 e. The van der Waals surface area contributed by atoms with Gasteiger partial charge in [0.2, 0.25) is 5.78 Å². The van der Waals surface area contributed by atoms with Crippen LogP contribution < -0.4 is 0 Å². The number of hydrogen-bond donors (Lipinski definition) is 1. The van der Waals surface area contributed by atoms with Crippen LogP contribution in [0.1, 0.15) is 43.4 Å². The van der Waals surface area contributed by atoms with E-state index in [1.54, 1.807) is 13.2 Å². The monoisotopic (exact) mass is 382 g/mol. The Morgan fingerprint density at radius 2 is 1.82 bits per heavy atom. The zero-order chi connectivity index (χ0) is 20.4. The van der Waals surface area contributed by atoms with Crippen LogP contribution in [0.15, 0.2) is 24.3 Å². The normalized spacial score (nSPS) is 11.2. The van der Waals surface area contributed by atoms with Crippen LogP contribution in [-0.2, 0) is 16.0 Å². The number of hydrogen-bond acceptors (Lipinski definition) is 4. The number of Topliss-reactive ketones (excluding diaryl/α,β-unsaturated/α-hetero) is 1. The Morgan fingerprint density at radius 1 is 1.07 bits per heavy atom. The first-order chi connectivity index (χ1) is 13.3. The van der Waals surface area contributed by atoms with E-state index in [-0.39, 0.29) is 12.4 Å². The Hall–Kier alpha value is -2.86. The summed E-state index contributed by atoms with van der Waals surface area (Å²) < 4.78 is 12.4. The van der Waals surface area contributed by atoms with Crippen LogP contribution in [0.25, 0.3) is 10.9 Å². The molecule has 0 aliphatic carbocycles. The molecule has 0 spiro atoms. The number of ether oxygens (including phenoxy) is 2. The van der Waals surface area contributed by atoms with Gasteiger partial charge in [-0.3, -0.25) is 4.79 Å². The van der Waals surface area contributed by atoms with Gasteiger partial charge >= 0.3 is 5.97 Å². The first-order valence-corrected chi connectivity index (χ1v) is 9.27. The van der Waals surface area contributed by atoms with E-state index in [1.807, 2.05) is 44.4 Å². The summed E-state index contributed by atoms with van der Waals surface area (Å²) >= 11 is 0. The topological polar surface area (TPSA) is 73.3 Å². The number of nitrogens with one attached hydrogen (secondary N) is 1. The van der Waals surface area contributed by atoms with Crippen LogP contribution in [0.3, 0.4) is 0 Å². The van der Waals surface area contributed by atoms with Gasteiger partial charge in [-0.2, -0.15) is 0 Å². The Bertz CT molecular complexity index is 1040. The van der Waals surface area contributed by atoms with E-state index < -0.39 is 5.97 Å². The summed E-state index contributed by atoms with van der Waals surface area (Å²) in [5, 5.41) is 0.977. The van der Waals surface area contributed by atoms with E-state index in [1.165, 1.54) is 0 Å². The summed E-state index contributed by atoms with van der Waals surface area (Å²) in [5.41, 5.74) is 5.85. The number of carbonyl (C=O) groups is 2. The second-order valence-corrected chi connectivity index (χ2v) is 7.15. The lowest BCUT2D eigenvalue weighted by Gasteiger charge is -2.09. The summed E-state index contributed by atoms with van der Waals surface area (Å²) in [6, 6.07) is 7.65. The largest absolute Gasteiger partial charge is 0.453 e. The molecule has 0 amide bonds. The summed E-state index contributed by atoms with van der Waals surface area (Å²) in [6.45, 7) is 8.79. The summed E-state index contributed by atoms with van der Waals surface area (Å²) in [7, 11) is 1.65. The molecular formula is C22H26N2O4. The molecule has 0 bridgehead atoms. The molecule has 148 valence electrons. The van der Waals surface area contributed by atoms with Crippen LogP contribution in [-0.4, -0.2) is 41.6 Å². The molecule has 1 N–H and O–H groups in total. The Kier molecular flexibility index (Phi) is 5.70. The number of aromatic nitrogens is 2. The molecule has 6 nitrogen and oxygen atoms in total. The first-order valence-electron chi connectivity index (χ1n) is 9.27. The molecule has 0 aliphatic rings. The van der Waals surface area contributed by atoms with Gasteiger partial charge in [0.25, 0.3) is 0 Å². The van der Waals surface area contributed by atoms with Crippen molar-refractivity contribution in [1.82, 2.24) is 9.55 Å². The molecular weight excluding hydrogens is 356 g/mol. The number of H-pyrrole nitrogens is 1. The molecule has 0 fully saturated rings. The van der Waals surface area contributed by atoms with Gasteiger partial charge in [0, 0.05) is 41.5 Å². The van der Waals surface area contributed by atoms with Crippen LogP contribution >= 0.6 is 0 Å². The standard InChI is InChI=1S/C22H26N2O4/c1-13-8-14(2)17-11-20(23-19(17)9-13)22(26)28-12-21(25)18-10-15(3)24(16(18)4)6-7-27-5/h8-11,23H,6-7,12H2,1-5H3. The number of nitrogens with zero attached hydrogens (tertiary/aromatic N) is 1. The van der Waals surface area contributed by atoms with Crippen LogP contribution in [0.5, 0.6) is 0 Å². The molecule has 3 rings (SSSR count). The maximum Gasteiger partial charge on any atom is 0.355 e. The Morgan fingerprint density at radius 3 is 2.54 bits per heavy atom. The summed E-state index contributed by atoms with van der Waals surface area (Å²) in [5.74, 6) is -0.747. The van der Waals surface area contributed by atoms with Crippen molar-refractivity contribution in [3.63, 3.8) is 0 Å². The van der Waals surface area contributed by atoms with Crippen molar-refractivity contribution in [3.05, 3.63) is 58.0 Å². The van der Waals surface area contributed by atoms with Crippen LogP contribution in [0.4, 0.5) is 0 Å². The van der Waals surface area contributed by atoms with Crippen LogP contribution in [0, 0.1) is 27.7 Å². The molecule has 2 aromatic heterocycles. The number of fused-ring (bicyclic) bond motifs is 1. The van der Waals surface area contributed by atoms with Gasteiger partial charge < -0.3 is 19.0 Å². The second-order valence-electron chi connectivity index (χ2n) is 7.15. The summed E-state index contributed by atoms with van der Waals surface area (Å²) in [6.07, 6.45) is 0. The van der Waals surface area contributed by atoms with Gasteiger partial charge in [0.15, 0.2) is 6.61 Å². The van der Waals surface area contributed by atoms with Crippen molar-refractivity contribution in [2.75, 3.05) is 20.3 Å². The van der Waals surface area contributed by atoms with Crippen molar-refractivity contribution in [2.45, 2.75) is 34.2 Å². The second kappa shape index (κ2) is 8.02. The van der Waals surface area contributed by atoms with Gasteiger partial charge in [0.1, 0.15) is 5.69 Å². The lowest BCUT2D eigenvalue weighted by atomic mass is 10.1. The van der Waals surface area contributed by atoms with Gasteiger partial charge in [-0.15, -0.1) is 0 Å². The molecule has 0 saturated heterocycles. The Balaban J connectivity index is 1.71. The lowest BCUT2D eigenvalue weighted by Crippen LogP contribution is -2.15. The zero-order valence-electron chi connectivity index (χ0n) is 17.0. The molecule has 3 aromatic rings. The average molecular weight is 382 g/mol. The average Bonchev–Trinajstić information content (AvgIpc) is 3.19. The van der Waals surface area contributed by atoms with E-state index in [9.17, 15) is 9.59 Å². The molecule has 0 unspecified atom stereocenters. The highest BCUT2D eigenvalue weighted by molar-refractivity contribution is 6.01. The molecule has 28 heavy (non-hydrogen) atoms. The molecule has 0 atom stereocenters. The number of esters is 1. The molecule has 1 aromatic carbocycles. The first kappa shape index (κ1) is 19.9. The summed E-state index contributed by atoms with van der Waals surface area (Å²) in [4.78, 5) is 28.1. The fraction of sp³-hybridized carbons (Fsp3) is 0.364. The van der Waals surface area contributed by atoms with Crippen molar-refractivity contribution >= 4 is 22.7 Å². The van der Waals surface area contributed by atoms with E-state index in [2.05, 4.69) is 11.1 Å². The molecule has 0 radical (unpaired) electrons. The number of rotatable bonds is 7. The van der Waals surface area contributed by atoms with Crippen molar-refractivity contribution in [1.29, 1.82) is 0 Å². The molecule has 6 heteroatoms. The number of methoxy groups -OCH3 is 1. The zero-order valence-corrected chi connectivity index (χ0v) is 17.0. The Labute approximate surface area is 164 Å². The third-order valence-electron chi connectivity index (χ3n) is 5.04. The lowest BCUT2D eigenvalue weighted by molar-refractivity contribution is 0.0469. The van der Waals surface area contributed by atoms with Gasteiger partial charge in [-0.1, -0.05) is 6.07 Å². The quantitative estimate of drug-likeness (QED) is 0.497. The number of aromatic amines is 1. The SMILES string of the molecule is COCCn1c(C)cc(C(=O)COC(=O)c2cc3c(C)cc(C)cc3[nH]2)c1C. The number of aryl methyl sites for hydroxylation is 3. The van der Waals surface area contributed by atoms with Gasteiger partial charge in [-0.05, 0) is 57.0 Å². The van der Waals surface area contributed by atoms with E-state index in [0.717, 1.165) is 33.4 Å². The molecule has 2 heterocycles. The van der Waals surface area contributed by atoms with Crippen molar-refractivity contribution < 1.29 is 19.1 Å². The maximum atomic E-state index is 12.6. The highest BCUT2D eigenvalue weighted by atomic mass is 16.5. The molecule has 0 saturated carbocycles. The number of benzene rings is 1. The fourth-order valence-electron chi connectivity index (χ4n) is 3.61. The van der Waals surface area contributed by atoms with E-state index in [4.69, 9.17) is 9.47 Å². The molecule has 0 aliphatic heterocycles. The number of carbonyl (C=O) groups excluding carboxylic acids is 2. The highest BCUT2D eigenvalue weighted by Gasteiger charge is 2.19. The van der Waals surface area contributed by atoms with Crippen molar-refractivity contribution in [2.24, 2.45) is 0 Å². The van der Waals surface area contributed by atoms with Gasteiger partial charge in [-0.25, -0.2) is 4.79 Å². The predicted molar refractivity (Wildman–Crippen MR) is 108 cm³/mol. The van der Waals surface area contributed by atoms with Crippen LogP contribution in [0.2, 0.25) is 0 Å². The predicted octanol–water partition coefficient (Wildman–Crippen LogP) is 3.89. The van der Waals surface area contributed by atoms with Gasteiger partial charge in [0.05, 0.1) is 6.61 Å². The minimum Gasteiger partial charge on any atom is -0.453 e. The fourth-order valence-corrected chi connectivity index (χ4v) is 3.61. The minimum atomic E-state index is -0.533. The van der Waals surface area contributed by atoms with Crippen molar-refractivity contribution in [3.8, 4) is 0 Å². The third kappa shape index (κ3) is 3.87. The maximum absolute atomic E-state index is 12.6. The number of ketones is 1. The minimum absolute atomic E-state index is 0.215. The van der Waals surface area contributed by atoms with E-state index in [0.29, 0.717) is 24.4 Å². The highest BCUT2D eigenvalue weighted by Crippen LogP contribution is 2.22.